The van der Waals surface area contributed by atoms with Gasteiger partial charge in [0.05, 0.1) is 32.2 Å². The number of amides is 3. The number of rotatable bonds is 13. The van der Waals surface area contributed by atoms with Crippen LogP contribution in [0.1, 0.15) is 54.4 Å². The molecular weight excluding hydrogens is 554 g/mol. The first-order chi connectivity index (χ1) is 20.5. The van der Waals surface area contributed by atoms with Gasteiger partial charge in [-0.15, -0.1) is 0 Å². The molecule has 42 heavy (non-hydrogen) atoms. The lowest BCUT2D eigenvalue weighted by Crippen LogP contribution is -2.56. The van der Waals surface area contributed by atoms with Crippen molar-refractivity contribution in [2.75, 3.05) is 38.7 Å². The van der Waals surface area contributed by atoms with Crippen LogP contribution in [0.3, 0.4) is 0 Å². The molecule has 0 spiro atoms. The molecule has 0 aromatic heterocycles. The van der Waals surface area contributed by atoms with E-state index in [0.717, 1.165) is 43.0 Å². The van der Waals surface area contributed by atoms with Crippen molar-refractivity contribution in [3.8, 4) is 0 Å². The molecule has 2 atom stereocenters. The predicted molar refractivity (Wildman–Crippen MR) is 162 cm³/mol. The Morgan fingerprint density at radius 3 is 2.24 bits per heavy atom. The van der Waals surface area contributed by atoms with E-state index in [4.69, 9.17) is 9.47 Å². The van der Waals surface area contributed by atoms with E-state index in [-0.39, 0.29) is 35.9 Å². The van der Waals surface area contributed by atoms with Crippen molar-refractivity contribution >= 4 is 34.6 Å². The quantitative estimate of drug-likeness (QED) is 0.357. The maximum Gasteiger partial charge on any atom is 0.318 e. The van der Waals surface area contributed by atoms with Crippen LogP contribution >= 0.6 is 11.8 Å². The first-order valence-corrected chi connectivity index (χ1v) is 15.8. The summed E-state index contributed by atoms with van der Waals surface area (Å²) in [6, 6.07) is 16.3. The van der Waals surface area contributed by atoms with Crippen LogP contribution in [0.15, 0.2) is 60.7 Å². The predicted octanol–water partition coefficient (Wildman–Crippen LogP) is 4.21. The molecule has 10 heteroatoms. The minimum atomic E-state index is -0.966. The van der Waals surface area contributed by atoms with Gasteiger partial charge in [-0.25, -0.2) is 4.79 Å². The highest BCUT2D eigenvalue weighted by Gasteiger charge is 2.31. The average molecular weight is 596 g/mol. The van der Waals surface area contributed by atoms with Crippen LogP contribution in [0.25, 0.3) is 0 Å². The molecule has 1 aliphatic heterocycles. The fourth-order valence-electron chi connectivity index (χ4n) is 5.25. The number of nitrogens with one attached hydrogen (secondary N) is 2. The molecule has 226 valence electrons. The Labute approximate surface area is 252 Å². The lowest BCUT2D eigenvalue weighted by Gasteiger charge is -2.31. The summed E-state index contributed by atoms with van der Waals surface area (Å²) in [5.74, 6) is -0.521. The SMILES string of the molecule is O=C(SCC(=O)[C@H](COCc1ccccc1)NC(=O)[C@H](CC1CCCCC1)NC(=O)N1CCOCC1)c1ccccc1. The first-order valence-electron chi connectivity index (χ1n) is 14.8. The third-order valence-corrected chi connectivity index (χ3v) is 8.59. The molecule has 1 heterocycles. The largest absolute Gasteiger partial charge is 0.378 e. The topological polar surface area (TPSA) is 114 Å². The van der Waals surface area contributed by atoms with E-state index >= 15 is 0 Å². The lowest BCUT2D eigenvalue weighted by molar-refractivity contribution is -0.129. The minimum absolute atomic E-state index is 0.0485. The summed E-state index contributed by atoms with van der Waals surface area (Å²) in [6.07, 6.45) is 5.93. The number of thioether (sulfide) groups is 1. The molecule has 2 fully saturated rings. The summed E-state index contributed by atoms with van der Waals surface area (Å²) in [4.78, 5) is 54.4. The standard InChI is InChI=1S/C32H41N3O6S/c36-29(23-42-31(38)26-14-8-3-9-15-26)28(22-41-21-25-12-6-2-7-13-25)33-30(37)27(20-24-10-4-1-5-11-24)34-32(39)35-16-18-40-19-17-35/h2-3,6-9,12-15,24,27-28H,1,4-5,10-11,16-23H2,(H,33,37)(H,34,39)/t27-,28-/m0/s1. The Morgan fingerprint density at radius 1 is 0.881 bits per heavy atom. The van der Waals surface area contributed by atoms with E-state index in [1.807, 2.05) is 36.4 Å². The Balaban J connectivity index is 1.42. The second-order valence-electron chi connectivity index (χ2n) is 10.8. The Hall–Kier alpha value is -3.21. The van der Waals surface area contributed by atoms with Crippen molar-refractivity contribution < 1.29 is 28.7 Å². The number of ether oxygens (including phenoxy) is 2. The molecule has 1 saturated heterocycles. The van der Waals surface area contributed by atoms with Crippen molar-refractivity contribution in [2.45, 2.75) is 57.2 Å². The molecule has 1 aliphatic carbocycles. The van der Waals surface area contributed by atoms with Gasteiger partial charge in [-0.05, 0) is 17.9 Å². The zero-order valence-electron chi connectivity index (χ0n) is 24.0. The van der Waals surface area contributed by atoms with Gasteiger partial charge in [0.25, 0.3) is 0 Å². The summed E-state index contributed by atoms with van der Waals surface area (Å²) in [6.45, 7) is 2.07. The Bertz CT molecular complexity index is 1150. The second-order valence-corrected chi connectivity index (χ2v) is 11.8. The van der Waals surface area contributed by atoms with Crippen LogP contribution < -0.4 is 10.6 Å². The number of hydrogen-bond donors (Lipinski definition) is 2. The first kappa shape index (κ1) is 31.7. The van der Waals surface area contributed by atoms with Gasteiger partial charge in [-0.2, -0.15) is 0 Å². The third-order valence-electron chi connectivity index (χ3n) is 7.66. The monoisotopic (exact) mass is 595 g/mol. The summed E-state index contributed by atoms with van der Waals surface area (Å²) >= 11 is 0.906. The number of hydrogen-bond acceptors (Lipinski definition) is 7. The maximum atomic E-state index is 13.7. The van der Waals surface area contributed by atoms with Crippen LogP contribution in [0.4, 0.5) is 4.79 Å². The van der Waals surface area contributed by atoms with Crippen molar-refractivity contribution in [1.29, 1.82) is 0 Å². The summed E-state index contributed by atoms with van der Waals surface area (Å²) < 4.78 is 11.2. The molecule has 0 unspecified atom stereocenters. The van der Waals surface area contributed by atoms with Gasteiger partial charge in [-0.1, -0.05) is 105 Å². The highest BCUT2D eigenvalue weighted by atomic mass is 32.2. The van der Waals surface area contributed by atoms with E-state index in [1.165, 1.54) is 6.42 Å². The highest BCUT2D eigenvalue weighted by Crippen LogP contribution is 2.27. The fraction of sp³-hybridized carbons (Fsp3) is 0.500. The second kappa shape index (κ2) is 17.0. The minimum Gasteiger partial charge on any atom is -0.378 e. The lowest BCUT2D eigenvalue weighted by atomic mass is 9.84. The van der Waals surface area contributed by atoms with Crippen molar-refractivity contribution in [2.24, 2.45) is 5.92 Å². The molecule has 0 bridgehead atoms. The molecule has 9 nitrogen and oxygen atoms in total. The highest BCUT2D eigenvalue weighted by molar-refractivity contribution is 8.14. The number of morpholine rings is 1. The van der Waals surface area contributed by atoms with Crippen molar-refractivity contribution in [3.05, 3.63) is 71.8 Å². The van der Waals surface area contributed by atoms with E-state index in [1.54, 1.807) is 29.2 Å². The van der Waals surface area contributed by atoms with Crippen molar-refractivity contribution in [3.63, 3.8) is 0 Å². The molecule has 3 amide bonds. The third kappa shape index (κ3) is 10.3. The zero-order valence-corrected chi connectivity index (χ0v) is 24.8. The average Bonchev–Trinajstić information content (AvgIpc) is 3.04. The van der Waals surface area contributed by atoms with Crippen LogP contribution in [-0.2, 0) is 25.7 Å². The number of carbonyl (C=O) groups is 4. The van der Waals surface area contributed by atoms with Crippen LogP contribution in [0, 0.1) is 5.92 Å². The Kier molecular flexibility index (Phi) is 12.9. The zero-order chi connectivity index (χ0) is 29.6. The molecule has 4 rings (SSSR count). The van der Waals surface area contributed by atoms with E-state index in [2.05, 4.69) is 10.6 Å². The van der Waals surface area contributed by atoms with Gasteiger partial charge in [0.2, 0.25) is 11.0 Å². The van der Waals surface area contributed by atoms with Gasteiger partial charge in [-0.3, -0.25) is 14.4 Å². The van der Waals surface area contributed by atoms with E-state index < -0.39 is 18.0 Å². The summed E-state index contributed by atoms with van der Waals surface area (Å²) in [7, 11) is 0. The number of carbonyl (C=O) groups excluding carboxylic acids is 4. The van der Waals surface area contributed by atoms with E-state index in [9.17, 15) is 19.2 Å². The molecule has 0 radical (unpaired) electrons. The van der Waals surface area contributed by atoms with Gasteiger partial charge < -0.3 is 25.0 Å². The van der Waals surface area contributed by atoms with Crippen LogP contribution in [0.5, 0.6) is 0 Å². The maximum absolute atomic E-state index is 13.7. The molecule has 2 aromatic rings. The number of Topliss-reactive ketones (excluding diaryl/α,β-unsaturated/α-hetero) is 1. The molecule has 1 saturated carbocycles. The Morgan fingerprint density at radius 2 is 1.55 bits per heavy atom. The molecular formula is C32H41N3O6S. The van der Waals surface area contributed by atoms with Crippen LogP contribution in [0.2, 0.25) is 0 Å². The summed E-state index contributed by atoms with van der Waals surface area (Å²) in [5.41, 5.74) is 1.45. The number of benzene rings is 2. The van der Waals surface area contributed by atoms with Crippen LogP contribution in [-0.4, -0.2) is 78.5 Å². The van der Waals surface area contributed by atoms with E-state index in [0.29, 0.717) is 44.2 Å². The normalized spacial score (nSPS) is 17.2. The van der Waals surface area contributed by atoms with Gasteiger partial charge >= 0.3 is 6.03 Å². The number of nitrogens with zero attached hydrogens (tertiary/aromatic N) is 1. The summed E-state index contributed by atoms with van der Waals surface area (Å²) in [5, 5.41) is 5.59. The number of urea groups is 1. The fourth-order valence-corrected chi connectivity index (χ4v) is 6.02. The molecule has 2 N–H and O–H groups in total. The molecule has 2 aliphatic rings. The van der Waals surface area contributed by atoms with Crippen molar-refractivity contribution in [1.82, 2.24) is 15.5 Å². The number of ketones is 1. The van der Waals surface area contributed by atoms with Gasteiger partial charge in [0, 0.05) is 18.7 Å². The van der Waals surface area contributed by atoms with Gasteiger partial charge in [0.15, 0.2) is 5.78 Å². The molecule has 2 aromatic carbocycles. The smallest absolute Gasteiger partial charge is 0.318 e. The van der Waals surface area contributed by atoms with Gasteiger partial charge in [0.1, 0.15) is 12.1 Å².